The summed E-state index contributed by atoms with van der Waals surface area (Å²) >= 11 is 0. The van der Waals surface area contributed by atoms with Crippen molar-refractivity contribution in [3.05, 3.63) is 29.3 Å². The topological polar surface area (TPSA) is 26.3 Å². The summed E-state index contributed by atoms with van der Waals surface area (Å²) in [5.41, 5.74) is 1.54. The first kappa shape index (κ1) is 8.78. The highest BCUT2D eigenvalue weighted by molar-refractivity contribution is 5.80. The zero-order valence-electron chi connectivity index (χ0n) is 7.26. The van der Waals surface area contributed by atoms with Crippen molar-refractivity contribution in [3.63, 3.8) is 0 Å². The largest absolute Gasteiger partial charge is 0.496 e. The Bertz CT molecular complexity index is 279. The van der Waals surface area contributed by atoms with E-state index in [1.807, 2.05) is 25.3 Å². The maximum Gasteiger partial charge on any atom is 0.237 e. The molecule has 1 rings (SSSR count). The van der Waals surface area contributed by atoms with Crippen LogP contribution in [0.25, 0.3) is 0 Å². The Morgan fingerprint density at radius 1 is 1.50 bits per heavy atom. The second-order valence-corrected chi connectivity index (χ2v) is 2.45. The van der Waals surface area contributed by atoms with Crippen molar-refractivity contribution in [2.24, 2.45) is 0 Å². The van der Waals surface area contributed by atoms with Crippen LogP contribution < -0.4 is 4.74 Å². The Hall–Kier alpha value is -1.31. The van der Waals surface area contributed by atoms with Crippen LogP contribution in [0.1, 0.15) is 18.1 Å². The van der Waals surface area contributed by atoms with Crippen molar-refractivity contribution in [2.75, 3.05) is 7.11 Å². The third-order valence-corrected chi connectivity index (χ3v) is 1.79. The summed E-state index contributed by atoms with van der Waals surface area (Å²) in [5.74, 6) is 0.648. The molecule has 1 aromatic rings. The van der Waals surface area contributed by atoms with Crippen molar-refractivity contribution < 1.29 is 9.53 Å². The minimum Gasteiger partial charge on any atom is -0.496 e. The summed E-state index contributed by atoms with van der Waals surface area (Å²) in [6.45, 7) is 2.02. The van der Waals surface area contributed by atoms with Gasteiger partial charge in [0.25, 0.3) is 0 Å². The van der Waals surface area contributed by atoms with E-state index in [9.17, 15) is 4.79 Å². The molecule has 0 heterocycles. The van der Waals surface area contributed by atoms with Crippen molar-refractivity contribution >= 4 is 6.29 Å². The van der Waals surface area contributed by atoms with Gasteiger partial charge in [-0.25, -0.2) is 0 Å². The molecule has 0 amide bonds. The van der Waals surface area contributed by atoms with Crippen molar-refractivity contribution in [1.82, 2.24) is 0 Å². The van der Waals surface area contributed by atoms with E-state index in [-0.39, 0.29) is 0 Å². The quantitative estimate of drug-likeness (QED) is 0.678. The Labute approximate surface area is 72.2 Å². The maximum atomic E-state index is 10.4. The first-order valence-electron chi connectivity index (χ1n) is 3.87. The summed E-state index contributed by atoms with van der Waals surface area (Å²) in [7, 11) is 1.56. The molecular weight excluding hydrogens is 152 g/mol. The fourth-order valence-electron chi connectivity index (χ4n) is 1.18. The summed E-state index contributed by atoms with van der Waals surface area (Å²) < 4.78 is 5.10. The molecule has 0 N–H and O–H groups in total. The summed E-state index contributed by atoms with van der Waals surface area (Å²) in [6, 6.07) is 5.48. The van der Waals surface area contributed by atoms with E-state index in [0.717, 1.165) is 12.0 Å². The minimum absolute atomic E-state index is 0.497. The van der Waals surface area contributed by atoms with Gasteiger partial charge in [-0.3, -0.25) is 4.79 Å². The molecule has 0 fully saturated rings. The maximum absolute atomic E-state index is 10.4. The molecule has 0 bridgehead atoms. The zero-order chi connectivity index (χ0) is 8.97. The molecule has 12 heavy (non-hydrogen) atoms. The highest BCUT2D eigenvalue weighted by atomic mass is 16.5. The molecule has 0 atom stereocenters. The number of benzene rings is 1. The third kappa shape index (κ3) is 1.47. The lowest BCUT2D eigenvalue weighted by atomic mass is 10.1. The standard InChI is InChI=1S/C10H11O2/c1-3-8-5-4-6-9(7-11)10(8)12-2/h4-6H,3H2,1-2H3. The average Bonchev–Trinajstić information content (AvgIpc) is 2.16. The molecule has 0 unspecified atom stereocenters. The minimum atomic E-state index is 0.497. The number of rotatable bonds is 3. The zero-order valence-corrected chi connectivity index (χ0v) is 7.26. The number of carbonyl (C=O) groups excluding carboxylic acids is 1. The fraction of sp³-hybridized carbons (Fsp3) is 0.300. The van der Waals surface area contributed by atoms with E-state index in [4.69, 9.17) is 4.74 Å². The molecule has 0 saturated heterocycles. The highest BCUT2D eigenvalue weighted by Gasteiger charge is 2.05. The number of methoxy groups -OCH3 is 1. The van der Waals surface area contributed by atoms with Gasteiger partial charge in [0.1, 0.15) is 5.75 Å². The average molecular weight is 163 g/mol. The predicted molar refractivity (Wildman–Crippen MR) is 47.2 cm³/mol. The van der Waals surface area contributed by atoms with Crippen LogP contribution in [-0.4, -0.2) is 13.4 Å². The van der Waals surface area contributed by atoms with Gasteiger partial charge in [-0.2, -0.15) is 0 Å². The van der Waals surface area contributed by atoms with Gasteiger partial charge in [-0.05, 0) is 18.1 Å². The van der Waals surface area contributed by atoms with E-state index in [1.54, 1.807) is 13.2 Å². The van der Waals surface area contributed by atoms with Crippen LogP contribution in [0.15, 0.2) is 18.2 Å². The van der Waals surface area contributed by atoms with Gasteiger partial charge in [0.2, 0.25) is 6.29 Å². The smallest absolute Gasteiger partial charge is 0.237 e. The van der Waals surface area contributed by atoms with Crippen molar-refractivity contribution in [3.8, 4) is 5.75 Å². The molecule has 1 aromatic carbocycles. The fourth-order valence-corrected chi connectivity index (χ4v) is 1.18. The summed E-state index contributed by atoms with van der Waals surface area (Å²) in [4.78, 5) is 10.4. The van der Waals surface area contributed by atoms with E-state index >= 15 is 0 Å². The number of para-hydroxylation sites is 1. The van der Waals surface area contributed by atoms with Gasteiger partial charge < -0.3 is 4.74 Å². The van der Waals surface area contributed by atoms with E-state index in [0.29, 0.717) is 11.3 Å². The first-order valence-corrected chi connectivity index (χ1v) is 3.87. The molecule has 2 heteroatoms. The van der Waals surface area contributed by atoms with Gasteiger partial charge in [0.05, 0.1) is 12.7 Å². The number of ether oxygens (including phenoxy) is 1. The Balaban J connectivity index is 3.21. The lowest BCUT2D eigenvalue weighted by Gasteiger charge is -2.07. The molecule has 0 spiro atoms. The molecule has 1 radical (unpaired) electrons. The Morgan fingerprint density at radius 2 is 2.25 bits per heavy atom. The van der Waals surface area contributed by atoms with Crippen LogP contribution in [0.3, 0.4) is 0 Å². The van der Waals surface area contributed by atoms with Crippen LogP contribution in [0.5, 0.6) is 5.75 Å². The van der Waals surface area contributed by atoms with Crippen molar-refractivity contribution in [2.45, 2.75) is 13.3 Å². The SMILES string of the molecule is CCc1cccc([C]=O)c1OC. The molecule has 2 nitrogen and oxygen atoms in total. The molecule has 0 aliphatic rings. The highest BCUT2D eigenvalue weighted by Crippen LogP contribution is 2.22. The lowest BCUT2D eigenvalue weighted by Crippen LogP contribution is -1.95. The summed E-state index contributed by atoms with van der Waals surface area (Å²) in [5, 5.41) is 0. The first-order chi connectivity index (χ1) is 5.83. The van der Waals surface area contributed by atoms with Crippen LogP contribution in [-0.2, 0) is 11.2 Å². The van der Waals surface area contributed by atoms with Crippen molar-refractivity contribution in [1.29, 1.82) is 0 Å². The predicted octanol–water partition coefficient (Wildman–Crippen LogP) is 1.72. The van der Waals surface area contributed by atoms with Gasteiger partial charge in [-0.15, -0.1) is 0 Å². The molecular formula is C10H11O2. The van der Waals surface area contributed by atoms with Gasteiger partial charge in [0.15, 0.2) is 0 Å². The van der Waals surface area contributed by atoms with Gasteiger partial charge >= 0.3 is 0 Å². The van der Waals surface area contributed by atoms with Gasteiger partial charge in [0, 0.05) is 0 Å². The Kier molecular flexibility index (Phi) is 2.86. The molecule has 0 aromatic heterocycles. The van der Waals surface area contributed by atoms with E-state index < -0.39 is 0 Å². The van der Waals surface area contributed by atoms with Crippen LogP contribution in [0, 0.1) is 0 Å². The molecule has 0 aliphatic heterocycles. The second-order valence-electron chi connectivity index (χ2n) is 2.45. The second kappa shape index (κ2) is 3.90. The van der Waals surface area contributed by atoms with Crippen LogP contribution in [0.4, 0.5) is 0 Å². The molecule has 0 aliphatic carbocycles. The van der Waals surface area contributed by atoms with E-state index in [2.05, 4.69) is 0 Å². The third-order valence-electron chi connectivity index (χ3n) is 1.79. The number of hydrogen-bond acceptors (Lipinski definition) is 2. The summed E-state index contributed by atoms with van der Waals surface area (Å²) in [6.07, 6.45) is 2.71. The lowest BCUT2D eigenvalue weighted by molar-refractivity contribution is 0.408. The Morgan fingerprint density at radius 3 is 2.75 bits per heavy atom. The van der Waals surface area contributed by atoms with Gasteiger partial charge in [-0.1, -0.05) is 19.1 Å². The normalized spacial score (nSPS) is 9.50. The van der Waals surface area contributed by atoms with E-state index in [1.165, 1.54) is 0 Å². The van der Waals surface area contributed by atoms with Crippen LogP contribution in [0.2, 0.25) is 0 Å². The molecule has 63 valence electrons. The molecule has 0 saturated carbocycles. The van der Waals surface area contributed by atoms with Crippen LogP contribution >= 0.6 is 0 Å². The number of hydrogen-bond donors (Lipinski definition) is 0. The number of aryl methyl sites for hydroxylation is 1. The monoisotopic (exact) mass is 163 g/mol.